The normalized spacial score (nSPS) is 15.3. The highest BCUT2D eigenvalue weighted by atomic mass is 16.4. The van der Waals surface area contributed by atoms with Crippen LogP contribution in [0.1, 0.15) is 11.1 Å². The van der Waals surface area contributed by atoms with E-state index < -0.39 is 5.97 Å². The Bertz CT molecular complexity index is 1040. The number of benzene rings is 2. The molecule has 3 aromatic rings. The van der Waals surface area contributed by atoms with Gasteiger partial charge in [0.25, 0.3) is 5.91 Å². The number of rotatable bonds is 2. The molecule has 0 atom stereocenters. The number of anilines is 1. The largest absolute Gasteiger partial charge is 0.478 e. The van der Waals surface area contributed by atoms with Gasteiger partial charge in [0.2, 0.25) is 0 Å². The maximum atomic E-state index is 12.5. The van der Waals surface area contributed by atoms with Gasteiger partial charge in [-0.1, -0.05) is 36.4 Å². The van der Waals surface area contributed by atoms with Crippen LogP contribution in [0.4, 0.5) is 5.69 Å². The minimum absolute atomic E-state index is 0.0225. The van der Waals surface area contributed by atoms with E-state index in [1.807, 2.05) is 35.9 Å². The highest BCUT2D eigenvalue weighted by Gasteiger charge is 2.31. The van der Waals surface area contributed by atoms with Crippen LogP contribution in [0, 0.1) is 0 Å². The molecule has 1 aromatic heterocycles. The van der Waals surface area contributed by atoms with Gasteiger partial charge in [-0.3, -0.25) is 4.79 Å². The first-order valence-electron chi connectivity index (χ1n) is 7.50. The van der Waals surface area contributed by atoms with Crippen LogP contribution < -0.4 is 5.32 Å². The molecule has 5 nitrogen and oxygen atoms in total. The summed E-state index contributed by atoms with van der Waals surface area (Å²) in [5.41, 5.74) is 2.94. The van der Waals surface area contributed by atoms with Crippen molar-refractivity contribution in [2.45, 2.75) is 0 Å². The fourth-order valence-corrected chi connectivity index (χ4v) is 3.26. The van der Waals surface area contributed by atoms with Crippen molar-refractivity contribution in [2.75, 3.05) is 5.32 Å². The molecule has 1 aliphatic rings. The summed E-state index contributed by atoms with van der Waals surface area (Å²) in [6.45, 7) is 0. The average Bonchev–Trinajstić information content (AvgIpc) is 3.07. The maximum absolute atomic E-state index is 12.5. The Labute approximate surface area is 137 Å². The summed E-state index contributed by atoms with van der Waals surface area (Å²) in [6.07, 6.45) is 1.76. The van der Waals surface area contributed by atoms with Gasteiger partial charge in [0.05, 0.1) is 11.1 Å². The molecule has 2 N–H and O–H groups in total. The monoisotopic (exact) mass is 318 g/mol. The molecule has 0 unspecified atom stereocenters. The molecule has 0 bridgehead atoms. The number of carboxylic acids is 1. The first-order chi connectivity index (χ1) is 11.6. The zero-order valence-corrected chi connectivity index (χ0v) is 12.9. The minimum Gasteiger partial charge on any atom is -0.478 e. The number of carbonyl (C=O) groups is 2. The molecule has 2 aromatic carbocycles. The van der Waals surface area contributed by atoms with Gasteiger partial charge in [0, 0.05) is 41.0 Å². The highest BCUT2D eigenvalue weighted by molar-refractivity contribution is 6.45. The van der Waals surface area contributed by atoms with Crippen molar-refractivity contribution in [1.82, 2.24) is 4.57 Å². The van der Waals surface area contributed by atoms with Gasteiger partial charge in [-0.25, -0.2) is 4.79 Å². The molecule has 1 amide bonds. The second kappa shape index (κ2) is 5.09. The van der Waals surface area contributed by atoms with Gasteiger partial charge in [0.1, 0.15) is 0 Å². The number of aromatic nitrogens is 1. The van der Waals surface area contributed by atoms with E-state index in [1.165, 1.54) is 0 Å². The zero-order valence-electron chi connectivity index (χ0n) is 12.9. The van der Waals surface area contributed by atoms with E-state index in [0.29, 0.717) is 16.8 Å². The Hall–Kier alpha value is -3.34. The van der Waals surface area contributed by atoms with E-state index in [1.54, 1.807) is 30.5 Å². The van der Waals surface area contributed by atoms with Crippen molar-refractivity contribution in [3.63, 3.8) is 0 Å². The Morgan fingerprint density at radius 2 is 1.79 bits per heavy atom. The number of aliphatic carboxylic acids is 1. The minimum atomic E-state index is -1.12. The van der Waals surface area contributed by atoms with E-state index in [4.69, 9.17) is 0 Å². The fourth-order valence-electron chi connectivity index (χ4n) is 3.26. The molecule has 2 heterocycles. The predicted octanol–water partition coefficient (Wildman–Crippen LogP) is 3.13. The number of carboxylic acid groups (broad SMARTS) is 1. The lowest BCUT2D eigenvalue weighted by Crippen LogP contribution is -2.10. The highest BCUT2D eigenvalue weighted by Crippen LogP contribution is 2.39. The molecule has 0 saturated heterocycles. The van der Waals surface area contributed by atoms with Crippen molar-refractivity contribution in [1.29, 1.82) is 0 Å². The van der Waals surface area contributed by atoms with E-state index in [-0.39, 0.29) is 17.1 Å². The molecule has 4 rings (SSSR count). The Kier molecular flexibility index (Phi) is 3.03. The standard InChI is InChI=1S/C19H14N2O3/c1-21-10-13(11-6-3-5-9-15(11)21)17(19(23)24)16-12-7-2-4-8-14(12)20-18(16)22/h2-10H,1H3,(H,20,22)(H,23,24)/b17-16+. The van der Waals surface area contributed by atoms with Crippen LogP contribution in [0.5, 0.6) is 0 Å². The van der Waals surface area contributed by atoms with E-state index in [2.05, 4.69) is 5.32 Å². The van der Waals surface area contributed by atoms with Crippen LogP contribution in [-0.2, 0) is 16.6 Å². The Balaban J connectivity index is 2.09. The number of hydrogen-bond donors (Lipinski definition) is 2. The molecule has 0 aliphatic carbocycles. The quantitative estimate of drug-likeness (QED) is 0.713. The molecule has 5 heteroatoms. The summed E-state index contributed by atoms with van der Waals surface area (Å²) in [5.74, 6) is -1.50. The number of aryl methyl sites for hydroxylation is 1. The third-order valence-corrected chi connectivity index (χ3v) is 4.30. The molecule has 0 radical (unpaired) electrons. The molecule has 0 spiro atoms. The van der Waals surface area contributed by atoms with Gasteiger partial charge in [-0.05, 0) is 12.1 Å². The molecule has 0 fully saturated rings. The number of hydrogen-bond acceptors (Lipinski definition) is 2. The first kappa shape index (κ1) is 14.3. The average molecular weight is 318 g/mol. The summed E-state index contributed by atoms with van der Waals surface area (Å²) >= 11 is 0. The van der Waals surface area contributed by atoms with Crippen molar-refractivity contribution in [2.24, 2.45) is 7.05 Å². The summed E-state index contributed by atoms with van der Waals surface area (Å²) in [6, 6.07) is 14.7. The van der Waals surface area contributed by atoms with Crippen LogP contribution in [-0.4, -0.2) is 21.6 Å². The zero-order chi connectivity index (χ0) is 16.8. The summed E-state index contributed by atoms with van der Waals surface area (Å²) in [7, 11) is 1.86. The van der Waals surface area contributed by atoms with Crippen LogP contribution in [0.25, 0.3) is 22.0 Å². The topological polar surface area (TPSA) is 71.3 Å². The van der Waals surface area contributed by atoms with Crippen LogP contribution in [0.3, 0.4) is 0 Å². The number of nitrogens with zero attached hydrogens (tertiary/aromatic N) is 1. The van der Waals surface area contributed by atoms with Crippen molar-refractivity contribution in [3.8, 4) is 0 Å². The third kappa shape index (κ3) is 1.95. The smallest absolute Gasteiger partial charge is 0.337 e. The van der Waals surface area contributed by atoms with Gasteiger partial charge in [-0.2, -0.15) is 0 Å². The molecule has 24 heavy (non-hydrogen) atoms. The van der Waals surface area contributed by atoms with Gasteiger partial charge in [-0.15, -0.1) is 0 Å². The summed E-state index contributed by atoms with van der Waals surface area (Å²) in [4.78, 5) is 24.5. The Morgan fingerprint density at radius 1 is 1.08 bits per heavy atom. The molecule has 1 aliphatic heterocycles. The van der Waals surface area contributed by atoms with E-state index in [0.717, 1.165) is 10.9 Å². The second-order valence-electron chi connectivity index (χ2n) is 5.73. The van der Waals surface area contributed by atoms with Gasteiger partial charge in [0.15, 0.2) is 0 Å². The second-order valence-corrected chi connectivity index (χ2v) is 5.73. The maximum Gasteiger partial charge on any atom is 0.337 e. The fraction of sp³-hybridized carbons (Fsp3) is 0.0526. The van der Waals surface area contributed by atoms with Crippen LogP contribution in [0.15, 0.2) is 54.7 Å². The molecular formula is C19H14N2O3. The molecule has 118 valence electrons. The number of para-hydroxylation sites is 2. The number of amides is 1. The van der Waals surface area contributed by atoms with E-state index in [9.17, 15) is 14.7 Å². The lowest BCUT2D eigenvalue weighted by molar-refractivity contribution is -0.130. The van der Waals surface area contributed by atoms with Crippen LogP contribution in [0.2, 0.25) is 0 Å². The number of fused-ring (bicyclic) bond motifs is 2. The van der Waals surface area contributed by atoms with E-state index >= 15 is 0 Å². The van der Waals surface area contributed by atoms with Crippen LogP contribution >= 0.6 is 0 Å². The molecular weight excluding hydrogens is 304 g/mol. The first-order valence-corrected chi connectivity index (χ1v) is 7.50. The summed E-state index contributed by atoms with van der Waals surface area (Å²) in [5, 5.41) is 13.4. The van der Waals surface area contributed by atoms with Gasteiger partial charge >= 0.3 is 5.97 Å². The number of nitrogens with one attached hydrogen (secondary N) is 1. The molecule has 0 saturated carbocycles. The predicted molar refractivity (Wildman–Crippen MR) is 92.4 cm³/mol. The lowest BCUT2D eigenvalue weighted by Gasteiger charge is -2.06. The van der Waals surface area contributed by atoms with Crippen molar-refractivity contribution < 1.29 is 14.7 Å². The summed E-state index contributed by atoms with van der Waals surface area (Å²) < 4.78 is 1.87. The SMILES string of the molecule is Cn1cc(/C(C(=O)O)=C2\C(=O)Nc3ccccc32)c2ccccc21. The van der Waals surface area contributed by atoms with Crippen molar-refractivity contribution in [3.05, 3.63) is 65.9 Å². The number of carbonyl (C=O) groups excluding carboxylic acids is 1. The Morgan fingerprint density at radius 3 is 2.58 bits per heavy atom. The lowest BCUT2D eigenvalue weighted by atomic mass is 9.95. The van der Waals surface area contributed by atoms with Crippen molar-refractivity contribution >= 4 is 39.6 Å². The third-order valence-electron chi connectivity index (χ3n) is 4.30. The van der Waals surface area contributed by atoms with Gasteiger partial charge < -0.3 is 15.0 Å².